The average molecular weight is 155 g/mol. The normalized spacial score (nSPS) is 37.5. The number of fused-ring (bicyclic) bond motifs is 1. The molecule has 62 valence electrons. The zero-order valence-corrected chi connectivity index (χ0v) is 6.49. The molecule has 0 aliphatic carbocycles. The van der Waals surface area contributed by atoms with E-state index >= 15 is 0 Å². The summed E-state index contributed by atoms with van der Waals surface area (Å²) in [5, 5.41) is 9.45. The fraction of sp³-hybridized carbons (Fsp3) is 0.875. The standard InChI is InChI=1S/C8H13NO2/c10-7-4-5-9-6(7)2-1-3-8(9)11/h6-7,10H,1-5H2/t6-,7-/m0/s1. The van der Waals surface area contributed by atoms with Crippen LogP contribution in [0.25, 0.3) is 0 Å². The number of aliphatic hydroxyl groups excluding tert-OH is 1. The number of rotatable bonds is 0. The number of amides is 1. The van der Waals surface area contributed by atoms with Crippen molar-refractivity contribution in [1.82, 2.24) is 4.90 Å². The molecule has 0 aromatic carbocycles. The van der Waals surface area contributed by atoms with Crippen LogP contribution in [-0.2, 0) is 4.79 Å². The SMILES string of the molecule is O=C1CCC[C@H]2[C@@H](O)CCN12. The molecule has 2 aliphatic heterocycles. The van der Waals surface area contributed by atoms with Crippen LogP contribution in [0.4, 0.5) is 0 Å². The van der Waals surface area contributed by atoms with E-state index in [0.29, 0.717) is 6.42 Å². The molecule has 2 aliphatic rings. The number of carbonyl (C=O) groups is 1. The molecule has 2 atom stereocenters. The Hall–Kier alpha value is -0.570. The minimum absolute atomic E-state index is 0.149. The molecule has 0 aromatic rings. The van der Waals surface area contributed by atoms with Gasteiger partial charge >= 0.3 is 0 Å². The van der Waals surface area contributed by atoms with Gasteiger partial charge in [0.05, 0.1) is 12.1 Å². The number of hydrogen-bond acceptors (Lipinski definition) is 2. The summed E-state index contributed by atoms with van der Waals surface area (Å²) in [6.07, 6.45) is 3.16. The van der Waals surface area contributed by atoms with Gasteiger partial charge < -0.3 is 10.0 Å². The van der Waals surface area contributed by atoms with Gasteiger partial charge in [-0.15, -0.1) is 0 Å². The zero-order chi connectivity index (χ0) is 7.84. The molecule has 0 radical (unpaired) electrons. The first kappa shape index (κ1) is 7.10. The van der Waals surface area contributed by atoms with E-state index in [0.717, 1.165) is 25.8 Å². The number of carbonyl (C=O) groups excluding carboxylic acids is 1. The van der Waals surface area contributed by atoms with Crippen molar-refractivity contribution in [2.24, 2.45) is 0 Å². The van der Waals surface area contributed by atoms with Crippen molar-refractivity contribution in [1.29, 1.82) is 0 Å². The van der Waals surface area contributed by atoms with E-state index in [-0.39, 0.29) is 18.1 Å². The highest BCUT2D eigenvalue weighted by atomic mass is 16.3. The second-order valence-electron chi connectivity index (χ2n) is 3.40. The van der Waals surface area contributed by atoms with Gasteiger partial charge in [0.15, 0.2) is 0 Å². The molecule has 11 heavy (non-hydrogen) atoms. The number of hydrogen-bond donors (Lipinski definition) is 1. The van der Waals surface area contributed by atoms with Crippen LogP contribution in [0.3, 0.4) is 0 Å². The average Bonchev–Trinajstić information content (AvgIpc) is 2.35. The van der Waals surface area contributed by atoms with Crippen molar-refractivity contribution in [3.05, 3.63) is 0 Å². The lowest BCUT2D eigenvalue weighted by molar-refractivity contribution is -0.135. The fourth-order valence-corrected chi connectivity index (χ4v) is 2.10. The van der Waals surface area contributed by atoms with Gasteiger partial charge in [-0.05, 0) is 19.3 Å². The number of piperidine rings is 1. The molecule has 2 fully saturated rings. The first-order valence-corrected chi connectivity index (χ1v) is 4.26. The lowest BCUT2D eigenvalue weighted by atomic mass is 10.0. The quantitative estimate of drug-likeness (QED) is 0.540. The highest BCUT2D eigenvalue weighted by Gasteiger charge is 2.37. The molecule has 3 nitrogen and oxygen atoms in total. The molecular formula is C8H13NO2. The lowest BCUT2D eigenvalue weighted by Crippen LogP contribution is -2.42. The molecule has 3 heteroatoms. The molecular weight excluding hydrogens is 142 g/mol. The van der Waals surface area contributed by atoms with Gasteiger partial charge in [0.2, 0.25) is 5.91 Å². The second kappa shape index (κ2) is 2.48. The van der Waals surface area contributed by atoms with Crippen LogP contribution >= 0.6 is 0 Å². The van der Waals surface area contributed by atoms with Crippen LogP contribution in [0.5, 0.6) is 0 Å². The van der Waals surface area contributed by atoms with E-state index in [2.05, 4.69) is 0 Å². The molecule has 2 heterocycles. The summed E-state index contributed by atoms with van der Waals surface area (Å²) in [5.74, 6) is 0.234. The van der Waals surface area contributed by atoms with Crippen LogP contribution < -0.4 is 0 Å². The predicted octanol–water partition coefficient (Wildman–Crippen LogP) is 0.132. The van der Waals surface area contributed by atoms with Gasteiger partial charge in [-0.25, -0.2) is 0 Å². The third-order valence-electron chi connectivity index (χ3n) is 2.72. The number of aliphatic hydroxyl groups is 1. The molecule has 0 saturated carbocycles. The van der Waals surface area contributed by atoms with Gasteiger partial charge in [0.25, 0.3) is 0 Å². The van der Waals surface area contributed by atoms with Crippen molar-refractivity contribution < 1.29 is 9.90 Å². The summed E-state index contributed by atoms with van der Waals surface area (Å²) in [6, 6.07) is 0.149. The second-order valence-corrected chi connectivity index (χ2v) is 3.40. The van der Waals surface area contributed by atoms with Gasteiger partial charge in [-0.2, -0.15) is 0 Å². The fourth-order valence-electron chi connectivity index (χ4n) is 2.10. The van der Waals surface area contributed by atoms with E-state index in [9.17, 15) is 9.90 Å². The Labute approximate surface area is 66.0 Å². The maximum absolute atomic E-state index is 11.2. The molecule has 1 amide bonds. The lowest BCUT2D eigenvalue weighted by Gasteiger charge is -2.30. The van der Waals surface area contributed by atoms with Crippen molar-refractivity contribution in [2.45, 2.75) is 37.8 Å². The monoisotopic (exact) mass is 155 g/mol. The van der Waals surface area contributed by atoms with Gasteiger partial charge in [-0.3, -0.25) is 4.79 Å². The Bertz CT molecular complexity index is 181. The van der Waals surface area contributed by atoms with Crippen molar-refractivity contribution in [3.63, 3.8) is 0 Å². The minimum Gasteiger partial charge on any atom is -0.391 e. The molecule has 0 aromatic heterocycles. The van der Waals surface area contributed by atoms with E-state index in [4.69, 9.17) is 0 Å². The Morgan fingerprint density at radius 1 is 1.45 bits per heavy atom. The van der Waals surface area contributed by atoms with Crippen molar-refractivity contribution in [3.8, 4) is 0 Å². The first-order valence-electron chi connectivity index (χ1n) is 4.26. The van der Waals surface area contributed by atoms with E-state index in [1.807, 2.05) is 4.90 Å². The van der Waals surface area contributed by atoms with Crippen LogP contribution in [0.15, 0.2) is 0 Å². The Morgan fingerprint density at radius 3 is 3.00 bits per heavy atom. The third-order valence-corrected chi connectivity index (χ3v) is 2.72. The minimum atomic E-state index is -0.251. The smallest absolute Gasteiger partial charge is 0.222 e. The maximum Gasteiger partial charge on any atom is 0.222 e. The summed E-state index contributed by atoms with van der Waals surface area (Å²) in [6.45, 7) is 0.769. The van der Waals surface area contributed by atoms with E-state index in [1.165, 1.54) is 0 Å². The third kappa shape index (κ3) is 1.03. The summed E-state index contributed by atoms with van der Waals surface area (Å²) in [7, 11) is 0. The van der Waals surface area contributed by atoms with E-state index in [1.54, 1.807) is 0 Å². The topological polar surface area (TPSA) is 40.5 Å². The van der Waals surface area contributed by atoms with Crippen LogP contribution in [0.2, 0.25) is 0 Å². The first-order chi connectivity index (χ1) is 5.29. The molecule has 1 N–H and O–H groups in total. The largest absolute Gasteiger partial charge is 0.391 e. The predicted molar refractivity (Wildman–Crippen MR) is 40.0 cm³/mol. The molecule has 2 saturated heterocycles. The molecule has 0 bridgehead atoms. The molecule has 2 rings (SSSR count). The summed E-state index contributed by atoms with van der Waals surface area (Å²) < 4.78 is 0. The Morgan fingerprint density at radius 2 is 2.27 bits per heavy atom. The summed E-state index contributed by atoms with van der Waals surface area (Å²) in [5.41, 5.74) is 0. The van der Waals surface area contributed by atoms with E-state index < -0.39 is 0 Å². The Balaban J connectivity index is 2.13. The Kier molecular flexibility index (Phi) is 1.60. The van der Waals surface area contributed by atoms with Gasteiger partial charge in [0.1, 0.15) is 0 Å². The highest BCUT2D eigenvalue weighted by Crippen LogP contribution is 2.27. The van der Waals surface area contributed by atoms with Crippen molar-refractivity contribution >= 4 is 5.91 Å². The van der Waals surface area contributed by atoms with Gasteiger partial charge in [-0.1, -0.05) is 0 Å². The zero-order valence-electron chi connectivity index (χ0n) is 6.49. The summed E-state index contributed by atoms with van der Waals surface area (Å²) >= 11 is 0. The van der Waals surface area contributed by atoms with Crippen LogP contribution in [-0.4, -0.2) is 34.6 Å². The molecule has 0 unspecified atom stereocenters. The van der Waals surface area contributed by atoms with Gasteiger partial charge in [0, 0.05) is 13.0 Å². The number of nitrogens with zero attached hydrogens (tertiary/aromatic N) is 1. The van der Waals surface area contributed by atoms with Crippen LogP contribution in [0, 0.1) is 0 Å². The highest BCUT2D eigenvalue weighted by molar-refractivity contribution is 5.77. The van der Waals surface area contributed by atoms with Crippen molar-refractivity contribution in [2.75, 3.05) is 6.54 Å². The summed E-state index contributed by atoms with van der Waals surface area (Å²) in [4.78, 5) is 13.1. The van der Waals surface area contributed by atoms with Crippen LogP contribution in [0.1, 0.15) is 25.7 Å². The molecule has 0 spiro atoms. The maximum atomic E-state index is 11.2.